The minimum Gasteiger partial charge on any atom is -0.462 e. The summed E-state index contributed by atoms with van der Waals surface area (Å²) in [5, 5.41) is 0. The molecule has 0 aromatic rings. The number of ether oxygens (including phenoxy) is 3. The summed E-state index contributed by atoms with van der Waals surface area (Å²) in [7, 11) is 0. The summed E-state index contributed by atoms with van der Waals surface area (Å²) in [5.41, 5.74) is 0. The lowest BCUT2D eigenvalue weighted by Crippen LogP contribution is -2.30. The lowest BCUT2D eigenvalue weighted by Gasteiger charge is -2.18. The third-order valence-corrected chi connectivity index (χ3v) is 14.9. The Morgan fingerprint density at radius 2 is 0.500 bits per heavy atom. The average molecular weight is 1090 g/mol. The van der Waals surface area contributed by atoms with Crippen molar-refractivity contribution in [3.8, 4) is 0 Å². The standard InChI is InChI=1S/C72H128O6/c1-4-7-10-13-16-19-21-23-25-27-29-31-33-35-36-38-39-41-43-45-47-49-51-53-56-59-62-65-71(74)77-68-69(67-76-70(73)64-61-58-55-18-15-12-9-6-3)78-72(75)66-63-60-57-54-52-50-48-46-44-42-40-37-34-32-30-28-26-24-22-20-17-14-11-8-5-2/h8,11,17,20,24,26-27,29-30,32,37,40,69H,4-7,9-10,12-16,18-19,21-23,25,28,31,33-36,38-39,41-68H2,1-3H3/b11-8-,20-17-,26-24-,29-27-,32-30-,40-37-. The molecule has 0 aliphatic carbocycles. The molecule has 0 saturated carbocycles. The van der Waals surface area contributed by atoms with Crippen molar-refractivity contribution in [2.24, 2.45) is 0 Å². The molecule has 0 N–H and O–H groups in total. The van der Waals surface area contributed by atoms with E-state index < -0.39 is 6.10 Å². The van der Waals surface area contributed by atoms with E-state index in [9.17, 15) is 14.4 Å². The van der Waals surface area contributed by atoms with E-state index >= 15 is 0 Å². The minimum absolute atomic E-state index is 0.0742. The van der Waals surface area contributed by atoms with E-state index in [4.69, 9.17) is 14.2 Å². The molecule has 78 heavy (non-hydrogen) atoms. The fraction of sp³-hybridized carbons (Fsp3) is 0.792. The molecule has 6 heteroatoms. The topological polar surface area (TPSA) is 78.9 Å². The zero-order valence-electron chi connectivity index (χ0n) is 51.9. The molecule has 0 radical (unpaired) electrons. The van der Waals surface area contributed by atoms with Gasteiger partial charge in [0.1, 0.15) is 13.2 Å². The van der Waals surface area contributed by atoms with Crippen LogP contribution in [0, 0.1) is 0 Å². The van der Waals surface area contributed by atoms with Crippen LogP contribution in [0.2, 0.25) is 0 Å². The Morgan fingerprint density at radius 3 is 0.795 bits per heavy atom. The lowest BCUT2D eigenvalue weighted by atomic mass is 10.0. The molecule has 0 rings (SSSR count). The summed E-state index contributed by atoms with van der Waals surface area (Å²) >= 11 is 0. The summed E-state index contributed by atoms with van der Waals surface area (Å²) in [4.78, 5) is 38.2. The van der Waals surface area contributed by atoms with Gasteiger partial charge in [0.15, 0.2) is 6.10 Å². The van der Waals surface area contributed by atoms with Gasteiger partial charge in [0.2, 0.25) is 0 Å². The fourth-order valence-corrected chi connectivity index (χ4v) is 9.88. The van der Waals surface area contributed by atoms with Gasteiger partial charge in [0, 0.05) is 19.3 Å². The molecule has 0 aromatic heterocycles. The van der Waals surface area contributed by atoms with E-state index in [1.807, 2.05) is 0 Å². The first-order chi connectivity index (χ1) is 38.5. The van der Waals surface area contributed by atoms with Gasteiger partial charge in [-0.2, -0.15) is 0 Å². The number of allylic oxidation sites excluding steroid dienone is 12. The molecule has 0 aliphatic heterocycles. The first kappa shape index (κ1) is 74.8. The molecule has 0 aliphatic rings. The number of unbranched alkanes of at least 4 members (excludes halogenated alkanes) is 39. The summed E-state index contributed by atoms with van der Waals surface area (Å²) in [6.45, 7) is 6.54. The molecule has 0 bridgehead atoms. The van der Waals surface area contributed by atoms with Gasteiger partial charge in [-0.15, -0.1) is 0 Å². The maximum atomic E-state index is 12.9. The second-order valence-electron chi connectivity index (χ2n) is 22.7. The number of esters is 3. The van der Waals surface area contributed by atoms with Crippen molar-refractivity contribution in [1.82, 2.24) is 0 Å². The SMILES string of the molecule is CC/C=C\C/C=C\C/C=C\C/C=C\C/C=C\CCCCCCCCCCCC(=O)OC(COC(=O)CCCCCCCCCC)COC(=O)CCCCCCCCCCCCCCCCC/C=C\CCCCCCCCCC. The summed E-state index contributed by atoms with van der Waals surface area (Å²) < 4.78 is 16.9. The predicted molar refractivity (Wildman–Crippen MR) is 339 cm³/mol. The van der Waals surface area contributed by atoms with Crippen molar-refractivity contribution in [1.29, 1.82) is 0 Å². The number of hydrogen-bond donors (Lipinski definition) is 0. The molecule has 0 spiro atoms. The van der Waals surface area contributed by atoms with E-state index in [2.05, 4.69) is 93.7 Å². The van der Waals surface area contributed by atoms with Crippen molar-refractivity contribution in [3.05, 3.63) is 72.9 Å². The van der Waals surface area contributed by atoms with Crippen LogP contribution < -0.4 is 0 Å². The second-order valence-corrected chi connectivity index (χ2v) is 22.7. The molecule has 0 amide bonds. The molecule has 452 valence electrons. The molecule has 1 unspecified atom stereocenters. The second kappa shape index (κ2) is 66.4. The van der Waals surface area contributed by atoms with Gasteiger partial charge in [0.25, 0.3) is 0 Å². The van der Waals surface area contributed by atoms with Crippen LogP contribution in [-0.4, -0.2) is 37.2 Å². The Hall–Kier alpha value is -3.15. The van der Waals surface area contributed by atoms with E-state index in [1.165, 1.54) is 212 Å². The maximum absolute atomic E-state index is 12.9. The van der Waals surface area contributed by atoms with Crippen molar-refractivity contribution >= 4 is 17.9 Å². The highest BCUT2D eigenvalue weighted by atomic mass is 16.6. The Bertz CT molecular complexity index is 1440. The Kier molecular flexibility index (Phi) is 63.7. The average Bonchev–Trinajstić information content (AvgIpc) is 3.44. The van der Waals surface area contributed by atoms with Crippen LogP contribution >= 0.6 is 0 Å². The molecule has 1 atom stereocenters. The zero-order valence-corrected chi connectivity index (χ0v) is 51.9. The lowest BCUT2D eigenvalue weighted by molar-refractivity contribution is -0.167. The normalized spacial score (nSPS) is 12.5. The van der Waals surface area contributed by atoms with Crippen molar-refractivity contribution in [2.45, 2.75) is 354 Å². The van der Waals surface area contributed by atoms with Crippen LogP contribution in [0.25, 0.3) is 0 Å². The van der Waals surface area contributed by atoms with Gasteiger partial charge < -0.3 is 14.2 Å². The highest BCUT2D eigenvalue weighted by molar-refractivity contribution is 5.71. The van der Waals surface area contributed by atoms with Gasteiger partial charge in [-0.25, -0.2) is 0 Å². The summed E-state index contributed by atoms with van der Waals surface area (Å²) in [6, 6.07) is 0. The molecule has 6 nitrogen and oxygen atoms in total. The van der Waals surface area contributed by atoms with E-state index in [0.29, 0.717) is 19.3 Å². The molecule has 0 heterocycles. The Morgan fingerprint density at radius 1 is 0.269 bits per heavy atom. The predicted octanol–water partition coefficient (Wildman–Crippen LogP) is 23.3. The van der Waals surface area contributed by atoms with Crippen LogP contribution in [0.5, 0.6) is 0 Å². The third-order valence-electron chi connectivity index (χ3n) is 14.9. The first-order valence-electron chi connectivity index (χ1n) is 33.9. The molecule has 0 aromatic carbocycles. The Balaban J connectivity index is 4.13. The molecule has 0 saturated heterocycles. The molecular formula is C72H128O6. The van der Waals surface area contributed by atoms with Gasteiger partial charge in [0.05, 0.1) is 0 Å². The number of hydrogen-bond acceptors (Lipinski definition) is 6. The van der Waals surface area contributed by atoms with Crippen LogP contribution in [0.1, 0.15) is 348 Å². The van der Waals surface area contributed by atoms with Crippen molar-refractivity contribution in [2.75, 3.05) is 13.2 Å². The van der Waals surface area contributed by atoms with Gasteiger partial charge in [-0.3, -0.25) is 14.4 Å². The van der Waals surface area contributed by atoms with Crippen molar-refractivity contribution < 1.29 is 28.6 Å². The highest BCUT2D eigenvalue weighted by Gasteiger charge is 2.19. The quantitative estimate of drug-likeness (QED) is 0.0261. The maximum Gasteiger partial charge on any atom is 0.306 e. The monoisotopic (exact) mass is 1090 g/mol. The van der Waals surface area contributed by atoms with E-state index in [0.717, 1.165) is 96.3 Å². The number of carbonyl (C=O) groups excluding carboxylic acids is 3. The number of rotatable bonds is 62. The molecule has 0 fully saturated rings. The first-order valence-corrected chi connectivity index (χ1v) is 33.9. The Labute approximate surface area is 484 Å². The van der Waals surface area contributed by atoms with Crippen LogP contribution in [-0.2, 0) is 28.6 Å². The van der Waals surface area contributed by atoms with Gasteiger partial charge >= 0.3 is 17.9 Å². The fourth-order valence-electron chi connectivity index (χ4n) is 9.88. The van der Waals surface area contributed by atoms with Crippen LogP contribution in [0.15, 0.2) is 72.9 Å². The third kappa shape index (κ3) is 63.7. The van der Waals surface area contributed by atoms with Crippen LogP contribution in [0.3, 0.4) is 0 Å². The summed E-state index contributed by atoms with van der Waals surface area (Å²) in [6.07, 6.45) is 86.6. The van der Waals surface area contributed by atoms with Crippen molar-refractivity contribution in [3.63, 3.8) is 0 Å². The highest BCUT2D eigenvalue weighted by Crippen LogP contribution is 2.17. The zero-order chi connectivity index (χ0) is 56.4. The van der Waals surface area contributed by atoms with Crippen LogP contribution in [0.4, 0.5) is 0 Å². The van der Waals surface area contributed by atoms with E-state index in [1.54, 1.807) is 0 Å². The minimum atomic E-state index is -0.776. The van der Waals surface area contributed by atoms with Gasteiger partial charge in [-0.05, 0) is 89.9 Å². The number of carbonyl (C=O) groups is 3. The van der Waals surface area contributed by atoms with E-state index in [-0.39, 0.29) is 31.1 Å². The smallest absolute Gasteiger partial charge is 0.306 e. The van der Waals surface area contributed by atoms with Gasteiger partial charge in [-0.1, -0.05) is 312 Å². The summed E-state index contributed by atoms with van der Waals surface area (Å²) in [5.74, 6) is -0.868. The largest absolute Gasteiger partial charge is 0.462 e. The molecular weight excluding hydrogens is 961 g/mol.